The third-order valence-electron chi connectivity index (χ3n) is 3.36. The SMILES string of the molecule is O=C1c2cnccc2-c2c1cnc1ccccc21. The van der Waals surface area contributed by atoms with Crippen molar-refractivity contribution < 1.29 is 4.79 Å². The van der Waals surface area contributed by atoms with Crippen LogP contribution in [0.15, 0.2) is 48.9 Å². The predicted octanol–water partition coefficient (Wildman–Crippen LogP) is 2.84. The van der Waals surface area contributed by atoms with Crippen LogP contribution >= 0.6 is 0 Å². The van der Waals surface area contributed by atoms with E-state index in [9.17, 15) is 4.79 Å². The highest BCUT2D eigenvalue weighted by Gasteiger charge is 2.28. The van der Waals surface area contributed by atoms with Crippen molar-refractivity contribution in [2.45, 2.75) is 0 Å². The smallest absolute Gasteiger partial charge is 0.197 e. The Kier molecular flexibility index (Phi) is 1.70. The molecule has 0 amide bonds. The van der Waals surface area contributed by atoms with Gasteiger partial charge >= 0.3 is 0 Å². The lowest BCUT2D eigenvalue weighted by Crippen LogP contribution is -1.96. The fourth-order valence-electron chi connectivity index (χ4n) is 2.54. The molecule has 0 spiro atoms. The zero-order chi connectivity index (χ0) is 12.1. The maximum Gasteiger partial charge on any atom is 0.197 e. The Labute approximate surface area is 103 Å². The van der Waals surface area contributed by atoms with Gasteiger partial charge in [0.1, 0.15) is 0 Å². The zero-order valence-electron chi connectivity index (χ0n) is 9.42. The molecule has 0 bridgehead atoms. The van der Waals surface area contributed by atoms with Crippen LogP contribution in [0, 0.1) is 0 Å². The molecule has 4 rings (SSSR count). The van der Waals surface area contributed by atoms with E-state index in [1.54, 1.807) is 18.6 Å². The third kappa shape index (κ3) is 1.06. The highest BCUT2D eigenvalue weighted by Crippen LogP contribution is 2.39. The minimum Gasteiger partial charge on any atom is -0.288 e. The van der Waals surface area contributed by atoms with Crippen LogP contribution in [0.4, 0.5) is 0 Å². The van der Waals surface area contributed by atoms with Crippen LogP contribution in [0.3, 0.4) is 0 Å². The highest BCUT2D eigenvalue weighted by molar-refractivity contribution is 6.25. The summed E-state index contributed by atoms with van der Waals surface area (Å²) in [5.41, 5.74) is 4.21. The van der Waals surface area contributed by atoms with Crippen LogP contribution in [0.2, 0.25) is 0 Å². The number of hydrogen-bond donors (Lipinski definition) is 0. The van der Waals surface area contributed by atoms with Crippen LogP contribution in [0.1, 0.15) is 15.9 Å². The first-order valence-corrected chi connectivity index (χ1v) is 5.73. The van der Waals surface area contributed by atoms with Crippen molar-refractivity contribution >= 4 is 16.7 Å². The lowest BCUT2D eigenvalue weighted by molar-refractivity contribution is 0.104. The summed E-state index contributed by atoms with van der Waals surface area (Å²) in [7, 11) is 0. The Morgan fingerprint density at radius 1 is 0.889 bits per heavy atom. The van der Waals surface area contributed by atoms with Gasteiger partial charge in [-0.3, -0.25) is 14.8 Å². The Balaban J connectivity index is 2.23. The number of fused-ring (bicyclic) bond motifs is 5. The summed E-state index contributed by atoms with van der Waals surface area (Å²) >= 11 is 0. The molecular weight excluding hydrogens is 224 g/mol. The monoisotopic (exact) mass is 232 g/mol. The molecule has 18 heavy (non-hydrogen) atoms. The molecule has 3 heteroatoms. The van der Waals surface area contributed by atoms with Gasteiger partial charge in [-0.25, -0.2) is 0 Å². The van der Waals surface area contributed by atoms with E-state index in [1.807, 2.05) is 30.3 Å². The molecule has 0 aliphatic heterocycles. The van der Waals surface area contributed by atoms with E-state index in [-0.39, 0.29) is 5.78 Å². The van der Waals surface area contributed by atoms with Crippen molar-refractivity contribution in [1.29, 1.82) is 0 Å². The molecular formula is C15H8N2O. The number of nitrogens with zero attached hydrogens (tertiary/aromatic N) is 2. The summed E-state index contributed by atoms with van der Waals surface area (Å²) < 4.78 is 0. The van der Waals surface area contributed by atoms with Crippen LogP contribution in [0.25, 0.3) is 22.0 Å². The largest absolute Gasteiger partial charge is 0.288 e. The molecule has 3 nitrogen and oxygen atoms in total. The molecule has 0 saturated carbocycles. The standard InChI is InChI=1S/C15H8N2O/c18-15-11-7-16-6-5-9(11)14-10-3-1-2-4-13(10)17-8-12(14)15/h1-8H. The molecule has 0 N–H and O–H groups in total. The number of ketones is 1. The Bertz CT molecular complexity index is 808. The molecule has 1 aromatic carbocycles. The van der Waals surface area contributed by atoms with Gasteiger partial charge in [-0.05, 0) is 17.7 Å². The number of carbonyl (C=O) groups excluding carboxylic acids is 1. The fourth-order valence-corrected chi connectivity index (χ4v) is 2.54. The topological polar surface area (TPSA) is 42.9 Å². The molecule has 2 heterocycles. The third-order valence-corrected chi connectivity index (χ3v) is 3.36. The molecule has 0 unspecified atom stereocenters. The molecule has 2 aromatic heterocycles. The van der Waals surface area contributed by atoms with Crippen molar-refractivity contribution in [3.05, 3.63) is 60.0 Å². The Morgan fingerprint density at radius 2 is 1.78 bits per heavy atom. The van der Waals surface area contributed by atoms with Gasteiger partial charge in [-0.1, -0.05) is 18.2 Å². The molecule has 84 valence electrons. The summed E-state index contributed by atoms with van der Waals surface area (Å²) in [4.78, 5) is 20.6. The maximum atomic E-state index is 12.3. The second kappa shape index (κ2) is 3.23. The summed E-state index contributed by atoms with van der Waals surface area (Å²) in [6.45, 7) is 0. The lowest BCUT2D eigenvalue weighted by atomic mass is 10.0. The summed E-state index contributed by atoms with van der Waals surface area (Å²) in [6, 6.07) is 9.77. The van der Waals surface area contributed by atoms with E-state index in [0.29, 0.717) is 11.1 Å². The quantitative estimate of drug-likeness (QED) is 0.468. The van der Waals surface area contributed by atoms with E-state index in [4.69, 9.17) is 0 Å². The summed E-state index contributed by atoms with van der Waals surface area (Å²) in [5, 5.41) is 1.02. The molecule has 0 fully saturated rings. The van der Waals surface area contributed by atoms with E-state index < -0.39 is 0 Å². The average Bonchev–Trinajstić information content (AvgIpc) is 2.73. The van der Waals surface area contributed by atoms with E-state index in [0.717, 1.165) is 22.0 Å². The van der Waals surface area contributed by atoms with Gasteiger partial charge in [0.2, 0.25) is 0 Å². The minimum atomic E-state index is 0.0198. The molecule has 3 aromatic rings. The molecule has 0 atom stereocenters. The van der Waals surface area contributed by atoms with Crippen molar-refractivity contribution in [2.75, 3.05) is 0 Å². The highest BCUT2D eigenvalue weighted by atomic mass is 16.1. The number of aromatic nitrogens is 2. The van der Waals surface area contributed by atoms with Crippen molar-refractivity contribution in [3.8, 4) is 11.1 Å². The van der Waals surface area contributed by atoms with Crippen LogP contribution in [-0.2, 0) is 0 Å². The van der Waals surface area contributed by atoms with Gasteiger partial charge in [-0.15, -0.1) is 0 Å². The van der Waals surface area contributed by atoms with E-state index in [1.165, 1.54) is 0 Å². The number of para-hydroxylation sites is 1. The molecule has 0 radical (unpaired) electrons. The number of pyridine rings is 2. The molecule has 0 saturated heterocycles. The summed E-state index contributed by atoms with van der Waals surface area (Å²) in [5.74, 6) is 0.0198. The second-order valence-corrected chi connectivity index (χ2v) is 4.31. The average molecular weight is 232 g/mol. The van der Waals surface area contributed by atoms with Gasteiger partial charge in [0, 0.05) is 40.7 Å². The van der Waals surface area contributed by atoms with Gasteiger partial charge in [0.05, 0.1) is 5.52 Å². The fraction of sp³-hybridized carbons (Fsp3) is 0. The molecule has 1 aliphatic carbocycles. The van der Waals surface area contributed by atoms with Crippen molar-refractivity contribution in [2.24, 2.45) is 0 Å². The number of rotatable bonds is 0. The van der Waals surface area contributed by atoms with E-state index in [2.05, 4.69) is 9.97 Å². The zero-order valence-corrected chi connectivity index (χ0v) is 9.42. The van der Waals surface area contributed by atoms with Gasteiger partial charge in [0.15, 0.2) is 5.78 Å². The maximum absolute atomic E-state index is 12.3. The Hall–Kier alpha value is -2.55. The van der Waals surface area contributed by atoms with Crippen LogP contribution in [-0.4, -0.2) is 15.8 Å². The van der Waals surface area contributed by atoms with Crippen molar-refractivity contribution in [3.63, 3.8) is 0 Å². The van der Waals surface area contributed by atoms with Gasteiger partial charge in [-0.2, -0.15) is 0 Å². The van der Waals surface area contributed by atoms with Crippen molar-refractivity contribution in [1.82, 2.24) is 9.97 Å². The number of carbonyl (C=O) groups is 1. The second-order valence-electron chi connectivity index (χ2n) is 4.31. The lowest BCUT2D eigenvalue weighted by Gasteiger charge is -2.04. The number of benzene rings is 1. The summed E-state index contributed by atoms with van der Waals surface area (Å²) in [6.07, 6.45) is 5.02. The first kappa shape index (κ1) is 9.48. The minimum absolute atomic E-state index is 0.0198. The van der Waals surface area contributed by atoms with Crippen LogP contribution in [0.5, 0.6) is 0 Å². The number of hydrogen-bond acceptors (Lipinski definition) is 3. The molecule has 1 aliphatic rings. The Morgan fingerprint density at radius 3 is 2.72 bits per heavy atom. The van der Waals surface area contributed by atoms with Gasteiger partial charge in [0.25, 0.3) is 0 Å². The first-order valence-electron chi connectivity index (χ1n) is 5.73. The van der Waals surface area contributed by atoms with Crippen LogP contribution < -0.4 is 0 Å². The van der Waals surface area contributed by atoms with Gasteiger partial charge < -0.3 is 0 Å². The van der Waals surface area contributed by atoms with E-state index >= 15 is 0 Å². The predicted molar refractivity (Wildman–Crippen MR) is 68.4 cm³/mol. The first-order chi connectivity index (χ1) is 8.86. The normalized spacial score (nSPS) is 12.6.